The lowest BCUT2D eigenvalue weighted by Crippen LogP contribution is -2.46. The maximum absolute atomic E-state index is 12.4. The average molecular weight is 364 g/mol. The zero-order chi connectivity index (χ0) is 17.1. The van der Waals surface area contributed by atoms with E-state index in [1.54, 1.807) is 6.08 Å². The molecule has 2 unspecified atom stereocenters. The van der Waals surface area contributed by atoms with Crippen LogP contribution in [0.25, 0.3) is 6.08 Å². The fourth-order valence-corrected chi connectivity index (χ4v) is 4.63. The van der Waals surface area contributed by atoms with E-state index >= 15 is 0 Å². The fourth-order valence-electron chi connectivity index (χ4n) is 3.07. The highest BCUT2D eigenvalue weighted by molar-refractivity contribution is 8.18. The number of hydrogen-bond donors (Lipinski definition) is 1. The molecule has 0 radical (unpaired) electrons. The molecule has 1 aliphatic heterocycles. The molecule has 2 heterocycles. The Bertz CT molecular complexity index is 669. The van der Waals surface area contributed by atoms with Gasteiger partial charge < -0.3 is 5.32 Å². The second kappa shape index (κ2) is 7.53. The Kier molecular flexibility index (Phi) is 5.40. The van der Waals surface area contributed by atoms with Crippen LogP contribution in [0, 0.1) is 5.92 Å². The molecule has 128 valence electrons. The van der Waals surface area contributed by atoms with Crippen molar-refractivity contribution in [3.05, 3.63) is 27.3 Å². The Morgan fingerprint density at radius 1 is 1.38 bits per heavy atom. The van der Waals surface area contributed by atoms with E-state index in [1.807, 2.05) is 17.5 Å². The summed E-state index contributed by atoms with van der Waals surface area (Å²) in [4.78, 5) is 39.0. The quantitative estimate of drug-likeness (QED) is 0.831. The molecule has 0 spiro atoms. The predicted octanol–water partition coefficient (Wildman–Crippen LogP) is 3.48. The molecule has 5 nitrogen and oxygen atoms in total. The first-order valence-corrected chi connectivity index (χ1v) is 9.82. The number of imide groups is 1. The standard InChI is InChI=1S/C17H20N2O3S2/c1-11-5-2-3-7-13(11)18-15(20)10-19-16(21)14(24-17(19)22)9-12-6-4-8-23-12/h4,6,8-9,11,13H,2-3,5,7,10H2,1H3,(H,18,20)/b14-9-. The van der Waals surface area contributed by atoms with Gasteiger partial charge in [0.05, 0.1) is 4.91 Å². The highest BCUT2D eigenvalue weighted by Crippen LogP contribution is 2.32. The van der Waals surface area contributed by atoms with Gasteiger partial charge in [0.1, 0.15) is 6.54 Å². The molecule has 3 amide bonds. The smallest absolute Gasteiger partial charge is 0.294 e. The minimum atomic E-state index is -0.384. The number of thiophene rings is 1. The summed E-state index contributed by atoms with van der Waals surface area (Å²) in [6.45, 7) is 1.93. The molecule has 1 saturated heterocycles. The summed E-state index contributed by atoms with van der Waals surface area (Å²) in [5.74, 6) is -0.199. The number of nitrogens with one attached hydrogen (secondary N) is 1. The van der Waals surface area contributed by atoms with Crippen molar-refractivity contribution in [3.63, 3.8) is 0 Å². The van der Waals surface area contributed by atoms with Gasteiger partial charge in [-0.2, -0.15) is 0 Å². The van der Waals surface area contributed by atoms with Gasteiger partial charge in [-0.3, -0.25) is 19.3 Å². The Hall–Kier alpha value is -1.60. The molecule has 2 fully saturated rings. The second-order valence-corrected chi connectivity index (χ2v) is 8.19. The van der Waals surface area contributed by atoms with Crippen LogP contribution in [0.15, 0.2) is 22.4 Å². The van der Waals surface area contributed by atoms with E-state index < -0.39 is 0 Å². The molecule has 1 aliphatic carbocycles. The second-order valence-electron chi connectivity index (χ2n) is 6.22. The third kappa shape index (κ3) is 3.89. The molecule has 1 aromatic rings. The number of carbonyl (C=O) groups excluding carboxylic acids is 3. The zero-order valence-corrected chi connectivity index (χ0v) is 15.1. The van der Waals surface area contributed by atoms with Crippen molar-refractivity contribution in [2.24, 2.45) is 5.92 Å². The van der Waals surface area contributed by atoms with Crippen LogP contribution >= 0.6 is 23.1 Å². The van der Waals surface area contributed by atoms with E-state index in [0.29, 0.717) is 10.8 Å². The topological polar surface area (TPSA) is 66.5 Å². The Labute approximate surface area is 149 Å². The summed E-state index contributed by atoms with van der Waals surface area (Å²) >= 11 is 2.39. The molecule has 1 aromatic heterocycles. The lowest BCUT2D eigenvalue weighted by atomic mass is 9.86. The van der Waals surface area contributed by atoms with Crippen LogP contribution in [0.3, 0.4) is 0 Å². The molecule has 3 rings (SSSR count). The van der Waals surface area contributed by atoms with Gasteiger partial charge in [0.25, 0.3) is 11.1 Å². The average Bonchev–Trinajstić information content (AvgIpc) is 3.14. The predicted molar refractivity (Wildman–Crippen MR) is 96.6 cm³/mol. The molecular weight excluding hydrogens is 344 g/mol. The lowest BCUT2D eigenvalue weighted by Gasteiger charge is -2.29. The van der Waals surface area contributed by atoms with Crippen molar-refractivity contribution in [2.45, 2.75) is 38.6 Å². The maximum atomic E-state index is 12.4. The molecule has 0 aromatic carbocycles. The summed E-state index contributed by atoms with van der Waals surface area (Å²) in [6.07, 6.45) is 6.09. The van der Waals surface area contributed by atoms with Gasteiger partial charge in [-0.15, -0.1) is 11.3 Å². The molecule has 1 N–H and O–H groups in total. The summed E-state index contributed by atoms with van der Waals surface area (Å²) in [7, 11) is 0. The number of amides is 3. The Morgan fingerprint density at radius 2 is 2.17 bits per heavy atom. The number of carbonyl (C=O) groups is 3. The van der Waals surface area contributed by atoms with Crippen LogP contribution in [0.1, 0.15) is 37.5 Å². The molecule has 0 bridgehead atoms. The summed E-state index contributed by atoms with van der Waals surface area (Å²) in [5.41, 5.74) is 0. The van der Waals surface area contributed by atoms with Gasteiger partial charge in [0.15, 0.2) is 0 Å². The van der Waals surface area contributed by atoms with Crippen LogP contribution in [0.2, 0.25) is 0 Å². The van der Waals surface area contributed by atoms with Crippen LogP contribution < -0.4 is 5.32 Å². The van der Waals surface area contributed by atoms with Gasteiger partial charge in [-0.1, -0.05) is 25.8 Å². The van der Waals surface area contributed by atoms with Gasteiger partial charge in [-0.05, 0) is 48.0 Å². The van der Waals surface area contributed by atoms with Crippen LogP contribution in [0.4, 0.5) is 4.79 Å². The summed E-state index contributed by atoms with van der Waals surface area (Å²) < 4.78 is 0. The first kappa shape index (κ1) is 17.2. The highest BCUT2D eigenvalue weighted by Gasteiger charge is 2.36. The normalized spacial score (nSPS) is 26.2. The lowest BCUT2D eigenvalue weighted by molar-refractivity contribution is -0.130. The van der Waals surface area contributed by atoms with Crippen LogP contribution in [-0.2, 0) is 9.59 Å². The van der Waals surface area contributed by atoms with E-state index in [2.05, 4.69) is 12.2 Å². The number of thioether (sulfide) groups is 1. The number of hydrogen-bond acceptors (Lipinski definition) is 5. The van der Waals surface area contributed by atoms with Crippen molar-refractivity contribution in [1.82, 2.24) is 10.2 Å². The number of nitrogens with zero attached hydrogens (tertiary/aromatic N) is 1. The van der Waals surface area contributed by atoms with Crippen molar-refractivity contribution in [2.75, 3.05) is 6.54 Å². The minimum Gasteiger partial charge on any atom is -0.352 e. The van der Waals surface area contributed by atoms with E-state index in [-0.39, 0.29) is 29.6 Å². The zero-order valence-electron chi connectivity index (χ0n) is 13.5. The number of rotatable bonds is 4. The molecule has 2 atom stereocenters. The SMILES string of the molecule is CC1CCCCC1NC(=O)CN1C(=O)S/C(=C\c2cccs2)C1=O. The maximum Gasteiger partial charge on any atom is 0.294 e. The molecule has 7 heteroatoms. The highest BCUT2D eigenvalue weighted by atomic mass is 32.2. The fraction of sp³-hybridized carbons (Fsp3) is 0.471. The first-order valence-electron chi connectivity index (χ1n) is 8.13. The van der Waals surface area contributed by atoms with Crippen molar-refractivity contribution < 1.29 is 14.4 Å². The molecule has 1 saturated carbocycles. The van der Waals surface area contributed by atoms with E-state index in [0.717, 1.165) is 40.8 Å². The van der Waals surface area contributed by atoms with Gasteiger partial charge in [0, 0.05) is 10.9 Å². The van der Waals surface area contributed by atoms with Crippen LogP contribution in [0.5, 0.6) is 0 Å². The first-order chi connectivity index (χ1) is 11.5. The summed E-state index contributed by atoms with van der Waals surface area (Å²) in [5, 5.41) is 4.52. The van der Waals surface area contributed by atoms with Crippen molar-refractivity contribution >= 4 is 46.2 Å². The van der Waals surface area contributed by atoms with E-state index in [1.165, 1.54) is 17.8 Å². The third-order valence-corrected chi connectivity index (χ3v) is 6.18. The monoisotopic (exact) mass is 364 g/mol. The van der Waals surface area contributed by atoms with Crippen LogP contribution in [-0.4, -0.2) is 34.5 Å². The Balaban J connectivity index is 1.61. The van der Waals surface area contributed by atoms with Gasteiger partial charge in [0.2, 0.25) is 5.91 Å². The van der Waals surface area contributed by atoms with E-state index in [9.17, 15) is 14.4 Å². The molecule has 2 aliphatic rings. The van der Waals surface area contributed by atoms with E-state index in [4.69, 9.17) is 0 Å². The van der Waals surface area contributed by atoms with Gasteiger partial charge >= 0.3 is 0 Å². The summed E-state index contributed by atoms with van der Waals surface area (Å²) in [6, 6.07) is 3.92. The Morgan fingerprint density at radius 3 is 2.88 bits per heavy atom. The molecule has 24 heavy (non-hydrogen) atoms. The van der Waals surface area contributed by atoms with Gasteiger partial charge in [-0.25, -0.2) is 0 Å². The largest absolute Gasteiger partial charge is 0.352 e. The third-order valence-electron chi connectivity index (χ3n) is 4.45. The van der Waals surface area contributed by atoms with Crippen molar-refractivity contribution in [3.8, 4) is 0 Å². The minimum absolute atomic E-state index is 0.146. The molecular formula is C17H20N2O3S2. The van der Waals surface area contributed by atoms with Crippen molar-refractivity contribution in [1.29, 1.82) is 0 Å².